The molecule has 2 aromatic heterocycles. The van der Waals surface area contributed by atoms with E-state index in [0.717, 1.165) is 5.56 Å². The SMILES string of the molecule is COC[C@]1(C)Nc2c(cnc3[nH]cc(C(=O)c4ccc(C)cc4Cl)c23)NC1=O. The number of ketones is 1. The molecule has 3 heterocycles. The Morgan fingerprint density at radius 2 is 2.11 bits per heavy atom. The average molecular weight is 399 g/mol. The Morgan fingerprint density at radius 1 is 1.32 bits per heavy atom. The van der Waals surface area contributed by atoms with Crippen molar-refractivity contribution in [3.63, 3.8) is 0 Å². The standard InChI is InChI=1S/C20H19ClN4O3/c1-10-4-5-11(13(21)6-10)17(26)12-7-22-18-15(12)16-14(8-23-18)24-19(27)20(2,25-16)9-28-3/h4-8,25H,9H2,1-3H3,(H,22,23)(H,24,27)/t20-/m0/s1. The van der Waals surface area contributed by atoms with Crippen LogP contribution in [-0.2, 0) is 9.53 Å². The van der Waals surface area contributed by atoms with Crippen LogP contribution in [0.15, 0.2) is 30.6 Å². The Morgan fingerprint density at radius 3 is 2.82 bits per heavy atom. The number of carbonyl (C=O) groups excluding carboxylic acids is 2. The quantitative estimate of drug-likeness (QED) is 0.584. The summed E-state index contributed by atoms with van der Waals surface area (Å²) in [6.07, 6.45) is 3.17. The van der Waals surface area contributed by atoms with Crippen molar-refractivity contribution < 1.29 is 14.3 Å². The number of pyridine rings is 1. The molecule has 0 aliphatic carbocycles. The molecule has 0 saturated carbocycles. The van der Waals surface area contributed by atoms with E-state index in [1.807, 2.05) is 13.0 Å². The normalized spacial score (nSPS) is 18.5. The van der Waals surface area contributed by atoms with Crippen LogP contribution in [0.2, 0.25) is 5.02 Å². The molecule has 28 heavy (non-hydrogen) atoms. The zero-order chi connectivity index (χ0) is 20.1. The van der Waals surface area contributed by atoms with Gasteiger partial charge < -0.3 is 20.4 Å². The number of carbonyl (C=O) groups is 2. The first-order valence-electron chi connectivity index (χ1n) is 8.73. The molecule has 4 rings (SSSR count). The number of benzene rings is 1. The minimum Gasteiger partial charge on any atom is -0.382 e. The zero-order valence-electron chi connectivity index (χ0n) is 15.6. The Bertz CT molecular complexity index is 1120. The van der Waals surface area contributed by atoms with Crippen LogP contribution in [0.25, 0.3) is 11.0 Å². The maximum atomic E-state index is 13.2. The van der Waals surface area contributed by atoms with Gasteiger partial charge in [0.05, 0.1) is 40.2 Å². The van der Waals surface area contributed by atoms with Crippen molar-refractivity contribution >= 4 is 45.7 Å². The van der Waals surface area contributed by atoms with Crippen molar-refractivity contribution in [2.45, 2.75) is 19.4 Å². The minimum atomic E-state index is -0.977. The first-order valence-corrected chi connectivity index (χ1v) is 9.11. The predicted molar refractivity (Wildman–Crippen MR) is 108 cm³/mol. The summed E-state index contributed by atoms with van der Waals surface area (Å²) < 4.78 is 5.21. The van der Waals surface area contributed by atoms with Gasteiger partial charge in [-0.3, -0.25) is 9.59 Å². The van der Waals surface area contributed by atoms with Gasteiger partial charge in [-0.05, 0) is 31.5 Å². The molecule has 1 aliphatic heterocycles. The van der Waals surface area contributed by atoms with Gasteiger partial charge in [0.25, 0.3) is 5.91 Å². The molecule has 3 N–H and O–H groups in total. The van der Waals surface area contributed by atoms with E-state index >= 15 is 0 Å². The fourth-order valence-electron chi connectivity index (χ4n) is 3.43. The smallest absolute Gasteiger partial charge is 0.252 e. The van der Waals surface area contributed by atoms with Crippen LogP contribution in [0.3, 0.4) is 0 Å². The van der Waals surface area contributed by atoms with E-state index in [2.05, 4.69) is 20.6 Å². The topological polar surface area (TPSA) is 96.1 Å². The van der Waals surface area contributed by atoms with Gasteiger partial charge in [-0.2, -0.15) is 0 Å². The third kappa shape index (κ3) is 2.83. The number of aromatic nitrogens is 2. The summed E-state index contributed by atoms with van der Waals surface area (Å²) in [7, 11) is 1.53. The highest BCUT2D eigenvalue weighted by atomic mass is 35.5. The number of methoxy groups -OCH3 is 1. The summed E-state index contributed by atoms with van der Waals surface area (Å²) in [6.45, 7) is 3.82. The number of H-pyrrole nitrogens is 1. The number of aromatic amines is 1. The molecule has 0 radical (unpaired) electrons. The minimum absolute atomic E-state index is 0.166. The summed E-state index contributed by atoms with van der Waals surface area (Å²) in [5.41, 5.74) is 2.49. The third-order valence-electron chi connectivity index (χ3n) is 4.90. The lowest BCUT2D eigenvalue weighted by Gasteiger charge is -2.35. The van der Waals surface area contributed by atoms with Crippen LogP contribution < -0.4 is 10.6 Å². The molecule has 1 amide bonds. The fourth-order valence-corrected chi connectivity index (χ4v) is 3.75. The molecular weight excluding hydrogens is 380 g/mol. The molecule has 0 bridgehead atoms. The highest BCUT2D eigenvalue weighted by molar-refractivity contribution is 6.36. The first kappa shape index (κ1) is 18.5. The largest absolute Gasteiger partial charge is 0.382 e. The fraction of sp³-hybridized carbons (Fsp3) is 0.250. The van der Waals surface area contributed by atoms with Gasteiger partial charge in [0, 0.05) is 18.9 Å². The van der Waals surface area contributed by atoms with Gasteiger partial charge in [-0.1, -0.05) is 17.7 Å². The summed E-state index contributed by atoms with van der Waals surface area (Å²) in [6, 6.07) is 5.31. The molecule has 144 valence electrons. The van der Waals surface area contributed by atoms with Crippen LogP contribution in [0.5, 0.6) is 0 Å². The molecule has 8 heteroatoms. The number of amides is 1. The van der Waals surface area contributed by atoms with Crippen LogP contribution in [0.4, 0.5) is 11.4 Å². The van der Waals surface area contributed by atoms with Gasteiger partial charge >= 0.3 is 0 Å². The van der Waals surface area contributed by atoms with Gasteiger partial charge in [0.2, 0.25) is 0 Å². The van der Waals surface area contributed by atoms with Gasteiger partial charge in [0.15, 0.2) is 5.78 Å². The Hall–Kier alpha value is -2.90. The van der Waals surface area contributed by atoms with E-state index in [1.54, 1.807) is 31.5 Å². The van der Waals surface area contributed by atoms with Gasteiger partial charge in [0.1, 0.15) is 11.2 Å². The molecule has 0 unspecified atom stereocenters. The number of hydrogen-bond acceptors (Lipinski definition) is 5. The molecular formula is C20H19ClN4O3. The number of halogens is 1. The Kier molecular flexibility index (Phi) is 4.36. The van der Waals surface area contributed by atoms with E-state index in [-0.39, 0.29) is 18.3 Å². The lowest BCUT2D eigenvalue weighted by Crippen LogP contribution is -2.53. The summed E-state index contributed by atoms with van der Waals surface area (Å²) in [5.74, 6) is -0.452. The zero-order valence-corrected chi connectivity index (χ0v) is 16.4. The van der Waals surface area contributed by atoms with E-state index in [4.69, 9.17) is 16.3 Å². The highest BCUT2D eigenvalue weighted by Crippen LogP contribution is 2.39. The van der Waals surface area contributed by atoms with Crippen molar-refractivity contribution in [1.29, 1.82) is 0 Å². The van der Waals surface area contributed by atoms with Crippen molar-refractivity contribution in [2.24, 2.45) is 0 Å². The molecule has 1 aliphatic rings. The summed E-state index contributed by atoms with van der Waals surface area (Å²) in [4.78, 5) is 33.1. The highest BCUT2D eigenvalue weighted by Gasteiger charge is 2.39. The van der Waals surface area contributed by atoms with E-state index in [9.17, 15) is 9.59 Å². The lowest BCUT2D eigenvalue weighted by molar-refractivity contribution is -0.121. The number of nitrogens with one attached hydrogen (secondary N) is 3. The van der Waals surface area contributed by atoms with Crippen LogP contribution >= 0.6 is 11.6 Å². The molecule has 3 aromatic rings. The van der Waals surface area contributed by atoms with E-state index in [0.29, 0.717) is 38.6 Å². The third-order valence-corrected chi connectivity index (χ3v) is 5.21. The Balaban J connectivity index is 1.88. The molecule has 0 fully saturated rings. The van der Waals surface area contributed by atoms with Crippen LogP contribution in [0.1, 0.15) is 28.4 Å². The van der Waals surface area contributed by atoms with Gasteiger partial charge in [-0.15, -0.1) is 0 Å². The number of hydrogen-bond donors (Lipinski definition) is 3. The van der Waals surface area contributed by atoms with Crippen molar-refractivity contribution in [3.8, 4) is 0 Å². The number of aryl methyl sites for hydroxylation is 1. The lowest BCUT2D eigenvalue weighted by atomic mass is 9.96. The van der Waals surface area contributed by atoms with Crippen LogP contribution in [-0.4, -0.2) is 40.9 Å². The first-order chi connectivity index (χ1) is 13.3. The number of rotatable bonds is 4. The van der Waals surface area contributed by atoms with Gasteiger partial charge in [-0.25, -0.2) is 4.98 Å². The predicted octanol–water partition coefficient (Wildman–Crippen LogP) is 3.52. The molecule has 1 atom stereocenters. The Labute approximate surface area is 166 Å². The van der Waals surface area contributed by atoms with E-state index in [1.165, 1.54) is 7.11 Å². The van der Waals surface area contributed by atoms with Crippen LogP contribution in [0, 0.1) is 6.92 Å². The second-order valence-corrected chi connectivity index (χ2v) is 7.54. The number of fused-ring (bicyclic) bond motifs is 3. The molecule has 0 spiro atoms. The van der Waals surface area contributed by atoms with Crippen molar-refractivity contribution in [3.05, 3.63) is 52.3 Å². The monoisotopic (exact) mass is 398 g/mol. The van der Waals surface area contributed by atoms with Crippen molar-refractivity contribution in [1.82, 2.24) is 9.97 Å². The second kappa shape index (κ2) is 6.61. The maximum Gasteiger partial charge on any atom is 0.252 e. The number of nitrogens with zero attached hydrogens (tertiary/aromatic N) is 1. The molecule has 7 nitrogen and oxygen atoms in total. The maximum absolute atomic E-state index is 13.2. The molecule has 0 saturated heterocycles. The number of ether oxygens (including phenoxy) is 1. The van der Waals surface area contributed by atoms with Crippen molar-refractivity contribution in [2.75, 3.05) is 24.4 Å². The van der Waals surface area contributed by atoms with E-state index < -0.39 is 5.54 Å². The summed E-state index contributed by atoms with van der Waals surface area (Å²) >= 11 is 6.31. The number of anilines is 2. The average Bonchev–Trinajstić information content (AvgIpc) is 3.07. The second-order valence-electron chi connectivity index (χ2n) is 7.13. The molecule has 1 aromatic carbocycles. The summed E-state index contributed by atoms with van der Waals surface area (Å²) in [5, 5.41) is 7.08.